The van der Waals surface area contributed by atoms with Gasteiger partial charge in [-0.3, -0.25) is 5.10 Å². The predicted octanol–water partition coefficient (Wildman–Crippen LogP) is 1.34. The van der Waals surface area contributed by atoms with Crippen LogP contribution in [0.15, 0.2) is 29.3 Å². The van der Waals surface area contributed by atoms with E-state index in [1.54, 1.807) is 0 Å². The molecule has 90 valence electrons. The summed E-state index contributed by atoms with van der Waals surface area (Å²) in [4.78, 5) is 0.0162. The first-order valence-corrected chi connectivity index (χ1v) is 6.57. The Hall–Kier alpha value is -1.66. The minimum absolute atomic E-state index is 0.0162. The van der Waals surface area contributed by atoms with Crippen molar-refractivity contribution in [1.29, 1.82) is 0 Å². The first kappa shape index (κ1) is 11.8. The van der Waals surface area contributed by atoms with Crippen LogP contribution in [-0.2, 0) is 10.0 Å². The highest BCUT2D eigenvalue weighted by molar-refractivity contribution is 7.89. The Morgan fingerprint density at radius 1 is 1.18 bits per heavy atom. The third-order valence-corrected chi connectivity index (χ3v) is 3.34. The minimum atomic E-state index is -3.76. The predicted molar refractivity (Wildman–Crippen MR) is 64.9 cm³/mol. The van der Waals surface area contributed by atoms with Gasteiger partial charge in [-0.05, 0) is 26.0 Å². The first-order chi connectivity index (χ1) is 7.88. The fraction of sp³-hybridized carbons (Fsp3) is 0.182. The average Bonchev–Trinajstić information content (AvgIpc) is 2.63. The molecule has 1 aromatic heterocycles. The number of H-pyrrole nitrogens is 1. The van der Waals surface area contributed by atoms with Crippen LogP contribution in [-0.4, -0.2) is 18.6 Å². The molecule has 0 amide bonds. The van der Waals surface area contributed by atoms with Gasteiger partial charge in [-0.2, -0.15) is 5.10 Å². The van der Waals surface area contributed by atoms with Gasteiger partial charge < -0.3 is 0 Å². The monoisotopic (exact) mass is 251 g/mol. The van der Waals surface area contributed by atoms with Crippen molar-refractivity contribution in [1.82, 2.24) is 10.2 Å². The molecule has 1 heterocycles. The Labute approximate surface area is 99.7 Å². The molecular weight excluding hydrogens is 238 g/mol. The molecule has 0 aliphatic rings. The van der Waals surface area contributed by atoms with Crippen LogP contribution in [0.4, 0.5) is 0 Å². The highest BCUT2D eigenvalue weighted by Gasteiger charge is 2.17. The van der Waals surface area contributed by atoms with Gasteiger partial charge in [0.25, 0.3) is 0 Å². The molecule has 0 fully saturated rings. The second kappa shape index (κ2) is 3.97. The Bertz CT molecular complexity index is 639. The van der Waals surface area contributed by atoms with Crippen LogP contribution >= 0.6 is 0 Å². The molecule has 2 aromatic rings. The summed E-state index contributed by atoms with van der Waals surface area (Å²) in [5.41, 5.74) is 3.30. The zero-order chi connectivity index (χ0) is 12.6. The van der Waals surface area contributed by atoms with Crippen molar-refractivity contribution in [3.63, 3.8) is 0 Å². The van der Waals surface area contributed by atoms with E-state index in [1.165, 1.54) is 6.20 Å². The lowest BCUT2D eigenvalue weighted by Gasteiger charge is -2.04. The maximum Gasteiger partial charge on any atom is 0.241 e. The van der Waals surface area contributed by atoms with Gasteiger partial charge >= 0.3 is 0 Å². The quantitative estimate of drug-likeness (QED) is 0.844. The number of hydrogen-bond donors (Lipinski definition) is 2. The lowest BCUT2D eigenvalue weighted by atomic mass is 10.1. The standard InChI is InChI=1S/C11H13N3O2S/c1-7-3-8(2)5-9(4-7)11-10(6-13-14-11)17(12,15)16/h3-6H,1-2H3,(H,13,14)(H2,12,15,16). The Morgan fingerprint density at radius 3 is 2.29 bits per heavy atom. The minimum Gasteiger partial charge on any atom is -0.276 e. The normalized spacial score (nSPS) is 11.7. The van der Waals surface area contributed by atoms with Gasteiger partial charge in [0.1, 0.15) is 4.90 Å². The van der Waals surface area contributed by atoms with Crippen LogP contribution in [0.25, 0.3) is 11.3 Å². The fourth-order valence-electron chi connectivity index (χ4n) is 1.82. The van der Waals surface area contributed by atoms with E-state index < -0.39 is 10.0 Å². The molecule has 17 heavy (non-hydrogen) atoms. The summed E-state index contributed by atoms with van der Waals surface area (Å²) in [5, 5.41) is 11.5. The summed E-state index contributed by atoms with van der Waals surface area (Å²) in [5.74, 6) is 0. The number of primary sulfonamides is 1. The first-order valence-electron chi connectivity index (χ1n) is 5.03. The Balaban J connectivity index is 2.66. The summed E-state index contributed by atoms with van der Waals surface area (Å²) in [6.07, 6.45) is 1.22. The second-order valence-corrected chi connectivity index (χ2v) is 5.56. The molecule has 0 saturated carbocycles. The Kier molecular flexibility index (Phi) is 2.76. The molecule has 6 heteroatoms. The number of aryl methyl sites for hydroxylation is 2. The van der Waals surface area contributed by atoms with Gasteiger partial charge in [-0.15, -0.1) is 0 Å². The molecule has 0 unspecified atom stereocenters. The van der Waals surface area contributed by atoms with Gasteiger partial charge in [0.2, 0.25) is 10.0 Å². The Morgan fingerprint density at radius 2 is 1.76 bits per heavy atom. The van der Waals surface area contributed by atoms with Gasteiger partial charge in [0.05, 0.1) is 11.9 Å². The summed E-state index contributed by atoms with van der Waals surface area (Å²) in [7, 11) is -3.76. The summed E-state index contributed by atoms with van der Waals surface area (Å²) in [6.45, 7) is 3.90. The lowest BCUT2D eigenvalue weighted by Crippen LogP contribution is -2.12. The number of rotatable bonds is 2. The smallest absolute Gasteiger partial charge is 0.241 e. The fourth-order valence-corrected chi connectivity index (χ4v) is 2.46. The zero-order valence-electron chi connectivity index (χ0n) is 9.56. The van der Waals surface area contributed by atoms with Gasteiger partial charge in [0.15, 0.2) is 0 Å². The number of aromatic nitrogens is 2. The van der Waals surface area contributed by atoms with Crippen LogP contribution in [0.5, 0.6) is 0 Å². The van der Waals surface area contributed by atoms with E-state index in [2.05, 4.69) is 10.2 Å². The van der Waals surface area contributed by atoms with Crippen molar-refractivity contribution in [2.24, 2.45) is 5.14 Å². The SMILES string of the molecule is Cc1cc(C)cc(-c2[nH]ncc2S(N)(=O)=O)c1. The maximum absolute atomic E-state index is 11.4. The molecule has 3 N–H and O–H groups in total. The van der Waals surface area contributed by atoms with Crippen LogP contribution in [0.1, 0.15) is 11.1 Å². The molecule has 0 spiro atoms. The number of nitrogens with one attached hydrogen (secondary N) is 1. The molecule has 1 aromatic carbocycles. The maximum atomic E-state index is 11.4. The van der Waals surface area contributed by atoms with E-state index in [9.17, 15) is 8.42 Å². The zero-order valence-corrected chi connectivity index (χ0v) is 10.4. The van der Waals surface area contributed by atoms with Crippen molar-refractivity contribution in [3.8, 4) is 11.3 Å². The molecular formula is C11H13N3O2S. The average molecular weight is 251 g/mol. The molecule has 0 radical (unpaired) electrons. The van der Waals surface area contributed by atoms with E-state index >= 15 is 0 Å². The van der Waals surface area contributed by atoms with E-state index in [0.717, 1.165) is 16.7 Å². The summed E-state index contributed by atoms with van der Waals surface area (Å²) in [6, 6.07) is 5.78. The van der Waals surface area contributed by atoms with Crippen LogP contribution in [0.2, 0.25) is 0 Å². The van der Waals surface area contributed by atoms with Crippen molar-refractivity contribution in [3.05, 3.63) is 35.5 Å². The highest BCUT2D eigenvalue weighted by Crippen LogP contribution is 2.25. The van der Waals surface area contributed by atoms with Crippen LogP contribution in [0.3, 0.4) is 0 Å². The molecule has 0 aliphatic carbocycles. The van der Waals surface area contributed by atoms with Crippen molar-refractivity contribution >= 4 is 10.0 Å². The molecule has 0 atom stereocenters. The van der Waals surface area contributed by atoms with Crippen LogP contribution < -0.4 is 5.14 Å². The van der Waals surface area contributed by atoms with Gasteiger partial charge in [0, 0.05) is 5.56 Å². The second-order valence-electron chi connectivity index (χ2n) is 4.03. The van der Waals surface area contributed by atoms with Gasteiger partial charge in [-0.25, -0.2) is 13.6 Å². The number of sulfonamides is 1. The van der Waals surface area contributed by atoms with Crippen molar-refractivity contribution in [2.45, 2.75) is 18.7 Å². The van der Waals surface area contributed by atoms with E-state index in [-0.39, 0.29) is 4.90 Å². The summed E-state index contributed by atoms with van der Waals surface area (Å²) >= 11 is 0. The number of benzene rings is 1. The summed E-state index contributed by atoms with van der Waals surface area (Å²) < 4.78 is 22.8. The number of nitrogens with two attached hydrogens (primary N) is 1. The van der Waals surface area contributed by atoms with E-state index in [1.807, 2.05) is 32.0 Å². The topological polar surface area (TPSA) is 88.8 Å². The molecule has 0 bridgehead atoms. The lowest BCUT2D eigenvalue weighted by molar-refractivity contribution is 0.598. The third kappa shape index (κ3) is 2.37. The van der Waals surface area contributed by atoms with Crippen LogP contribution in [0, 0.1) is 13.8 Å². The highest BCUT2D eigenvalue weighted by atomic mass is 32.2. The number of hydrogen-bond acceptors (Lipinski definition) is 3. The van der Waals surface area contributed by atoms with E-state index in [4.69, 9.17) is 5.14 Å². The molecule has 0 saturated heterocycles. The van der Waals surface area contributed by atoms with Gasteiger partial charge in [-0.1, -0.05) is 17.2 Å². The molecule has 2 rings (SSSR count). The molecule has 5 nitrogen and oxygen atoms in total. The molecule has 0 aliphatic heterocycles. The number of nitrogens with zero attached hydrogens (tertiary/aromatic N) is 1. The third-order valence-electron chi connectivity index (χ3n) is 2.42. The number of aromatic amines is 1. The van der Waals surface area contributed by atoms with Crippen molar-refractivity contribution < 1.29 is 8.42 Å². The largest absolute Gasteiger partial charge is 0.276 e. The van der Waals surface area contributed by atoms with E-state index in [0.29, 0.717) is 5.69 Å². The van der Waals surface area contributed by atoms with Crippen molar-refractivity contribution in [2.75, 3.05) is 0 Å².